The molecule has 0 aliphatic rings. The van der Waals surface area contributed by atoms with E-state index in [-0.39, 0.29) is 4.90 Å². The van der Waals surface area contributed by atoms with E-state index in [1.165, 1.54) is 19.1 Å². The summed E-state index contributed by atoms with van der Waals surface area (Å²) in [6.07, 6.45) is -0.978. The molecule has 0 saturated carbocycles. The summed E-state index contributed by atoms with van der Waals surface area (Å²) in [6, 6.07) is 4.69. The van der Waals surface area contributed by atoms with Crippen molar-refractivity contribution >= 4 is 21.9 Å². The number of carbonyl (C=O) groups is 2. The van der Waals surface area contributed by atoms with Crippen LogP contribution in [0.25, 0.3) is 0 Å². The van der Waals surface area contributed by atoms with Gasteiger partial charge >= 0.3 is 5.97 Å². The fourth-order valence-electron chi connectivity index (χ4n) is 1.73. The third-order valence-corrected chi connectivity index (χ3v) is 4.62. The van der Waals surface area contributed by atoms with E-state index in [2.05, 4.69) is 10.0 Å². The van der Waals surface area contributed by atoms with Crippen molar-refractivity contribution < 1.29 is 22.7 Å². The Morgan fingerprint density at radius 3 is 2.43 bits per heavy atom. The van der Waals surface area contributed by atoms with E-state index in [4.69, 9.17) is 4.74 Å². The van der Waals surface area contributed by atoms with Crippen molar-refractivity contribution in [1.29, 1.82) is 0 Å². The van der Waals surface area contributed by atoms with Crippen molar-refractivity contribution in [3.63, 3.8) is 0 Å². The summed E-state index contributed by atoms with van der Waals surface area (Å²) in [5.74, 6) is -1.26. The number of ether oxygens (including phenoxy) is 1. The summed E-state index contributed by atoms with van der Waals surface area (Å²) < 4.78 is 31.3. The standard InChI is InChI=1S/C15H22N2O5S/c1-5-16-15(19)12(4)22-14(18)9-17-23(20,21)13-7-6-10(2)11(3)8-13/h6-8,12,17H,5,9H2,1-4H3,(H,16,19)/t12-/m1/s1. The molecular weight excluding hydrogens is 320 g/mol. The third kappa shape index (κ3) is 5.65. The van der Waals surface area contributed by atoms with Crippen molar-refractivity contribution in [2.75, 3.05) is 13.1 Å². The summed E-state index contributed by atoms with van der Waals surface area (Å²) >= 11 is 0. The second-order valence-electron chi connectivity index (χ2n) is 5.10. The second kappa shape index (κ2) is 8.07. The number of hydrogen-bond acceptors (Lipinski definition) is 5. The van der Waals surface area contributed by atoms with Crippen LogP contribution in [0.3, 0.4) is 0 Å². The number of benzene rings is 1. The average molecular weight is 342 g/mol. The zero-order chi connectivity index (χ0) is 17.6. The Labute approximate surface area is 136 Å². The number of carbonyl (C=O) groups excluding carboxylic acids is 2. The smallest absolute Gasteiger partial charge is 0.321 e. The number of rotatable bonds is 7. The number of likely N-dealkylation sites (N-methyl/N-ethyl adjacent to an activating group) is 1. The van der Waals surface area contributed by atoms with Gasteiger partial charge in [0.25, 0.3) is 5.91 Å². The van der Waals surface area contributed by atoms with Crippen molar-refractivity contribution in [3.05, 3.63) is 29.3 Å². The van der Waals surface area contributed by atoms with Gasteiger partial charge in [0.05, 0.1) is 4.90 Å². The van der Waals surface area contributed by atoms with Crippen LogP contribution in [0, 0.1) is 13.8 Å². The Kier molecular flexibility index (Phi) is 6.71. The van der Waals surface area contributed by atoms with Crippen molar-refractivity contribution in [2.24, 2.45) is 0 Å². The van der Waals surface area contributed by atoms with E-state index in [9.17, 15) is 18.0 Å². The van der Waals surface area contributed by atoms with E-state index in [0.29, 0.717) is 6.54 Å². The molecule has 0 unspecified atom stereocenters. The molecular formula is C15H22N2O5S. The van der Waals surface area contributed by atoms with Crippen LogP contribution < -0.4 is 10.0 Å². The average Bonchev–Trinajstić information content (AvgIpc) is 2.48. The van der Waals surface area contributed by atoms with Crippen LogP contribution in [0.5, 0.6) is 0 Å². The molecule has 0 saturated heterocycles. The first-order valence-electron chi connectivity index (χ1n) is 7.21. The van der Waals surface area contributed by atoms with E-state index < -0.39 is 34.5 Å². The highest BCUT2D eigenvalue weighted by Crippen LogP contribution is 2.14. The van der Waals surface area contributed by atoms with Crippen LogP contribution in [0.1, 0.15) is 25.0 Å². The molecule has 23 heavy (non-hydrogen) atoms. The molecule has 0 spiro atoms. The highest BCUT2D eigenvalue weighted by Gasteiger charge is 2.20. The first-order valence-corrected chi connectivity index (χ1v) is 8.69. The van der Waals surface area contributed by atoms with Crippen molar-refractivity contribution in [3.8, 4) is 0 Å². The zero-order valence-corrected chi connectivity index (χ0v) is 14.5. The molecule has 0 heterocycles. The Bertz CT molecular complexity index is 685. The molecule has 0 radical (unpaired) electrons. The summed E-state index contributed by atoms with van der Waals surface area (Å²) in [5, 5.41) is 2.51. The van der Waals surface area contributed by atoms with Gasteiger partial charge in [0.15, 0.2) is 6.10 Å². The van der Waals surface area contributed by atoms with Crippen LogP contribution in [0.2, 0.25) is 0 Å². The Balaban J connectivity index is 2.63. The van der Waals surface area contributed by atoms with Gasteiger partial charge < -0.3 is 10.1 Å². The quantitative estimate of drug-likeness (QED) is 0.709. The maximum atomic E-state index is 12.1. The molecule has 0 aliphatic carbocycles. The van der Waals surface area contributed by atoms with Gasteiger partial charge in [-0.15, -0.1) is 0 Å². The maximum absolute atomic E-state index is 12.1. The van der Waals surface area contributed by atoms with Crippen LogP contribution in [0.15, 0.2) is 23.1 Å². The van der Waals surface area contributed by atoms with Crippen molar-refractivity contribution in [2.45, 2.75) is 38.7 Å². The molecule has 1 aromatic carbocycles. The fourth-order valence-corrected chi connectivity index (χ4v) is 2.78. The molecule has 0 bridgehead atoms. The first kappa shape index (κ1) is 19.1. The largest absolute Gasteiger partial charge is 0.452 e. The Morgan fingerprint density at radius 1 is 1.22 bits per heavy atom. The molecule has 1 rings (SSSR count). The molecule has 1 atom stereocenters. The lowest BCUT2D eigenvalue weighted by atomic mass is 10.1. The van der Waals surface area contributed by atoms with Gasteiger partial charge in [0.2, 0.25) is 10.0 Å². The molecule has 7 nitrogen and oxygen atoms in total. The molecule has 0 aliphatic heterocycles. The maximum Gasteiger partial charge on any atom is 0.321 e. The number of amides is 1. The van der Waals surface area contributed by atoms with E-state index >= 15 is 0 Å². The van der Waals surface area contributed by atoms with Crippen molar-refractivity contribution in [1.82, 2.24) is 10.0 Å². The first-order chi connectivity index (χ1) is 10.7. The molecule has 1 amide bonds. The van der Waals surface area contributed by atoms with E-state index in [0.717, 1.165) is 11.1 Å². The second-order valence-corrected chi connectivity index (χ2v) is 6.86. The predicted molar refractivity (Wildman–Crippen MR) is 85.3 cm³/mol. The van der Waals surface area contributed by atoms with Gasteiger partial charge in [0.1, 0.15) is 6.54 Å². The number of sulfonamides is 1. The van der Waals surface area contributed by atoms with Gasteiger partial charge in [-0.3, -0.25) is 9.59 Å². The SMILES string of the molecule is CCNC(=O)[C@@H](C)OC(=O)CNS(=O)(=O)c1ccc(C)c(C)c1. The molecule has 128 valence electrons. The van der Waals surface area contributed by atoms with E-state index in [1.807, 2.05) is 6.92 Å². The molecule has 0 aromatic heterocycles. The van der Waals surface area contributed by atoms with E-state index in [1.54, 1.807) is 19.9 Å². The number of hydrogen-bond donors (Lipinski definition) is 2. The van der Waals surface area contributed by atoms with Gasteiger partial charge in [-0.05, 0) is 51.0 Å². The van der Waals surface area contributed by atoms with Crippen LogP contribution in [-0.2, 0) is 24.3 Å². The summed E-state index contributed by atoms with van der Waals surface area (Å²) in [4.78, 5) is 23.1. The van der Waals surface area contributed by atoms with Gasteiger partial charge in [-0.1, -0.05) is 6.07 Å². The number of nitrogens with one attached hydrogen (secondary N) is 2. The topological polar surface area (TPSA) is 102 Å². The molecule has 8 heteroatoms. The van der Waals surface area contributed by atoms with Gasteiger partial charge in [0, 0.05) is 6.54 Å². The predicted octanol–water partition coefficient (Wildman–Crippen LogP) is 0.650. The van der Waals surface area contributed by atoms with Gasteiger partial charge in [-0.2, -0.15) is 4.72 Å². The molecule has 1 aromatic rings. The number of aryl methyl sites for hydroxylation is 2. The van der Waals surface area contributed by atoms with Crippen LogP contribution >= 0.6 is 0 Å². The fraction of sp³-hybridized carbons (Fsp3) is 0.467. The highest BCUT2D eigenvalue weighted by molar-refractivity contribution is 7.89. The minimum Gasteiger partial charge on any atom is -0.452 e. The number of esters is 1. The lowest BCUT2D eigenvalue weighted by Gasteiger charge is -2.13. The monoisotopic (exact) mass is 342 g/mol. The zero-order valence-electron chi connectivity index (χ0n) is 13.7. The minimum atomic E-state index is -3.81. The van der Waals surface area contributed by atoms with Crippen LogP contribution in [-0.4, -0.2) is 39.5 Å². The Morgan fingerprint density at radius 2 is 1.87 bits per heavy atom. The lowest BCUT2D eigenvalue weighted by molar-refractivity contribution is -0.153. The summed E-state index contributed by atoms with van der Waals surface area (Å²) in [7, 11) is -3.81. The summed E-state index contributed by atoms with van der Waals surface area (Å²) in [6.45, 7) is 6.71. The highest BCUT2D eigenvalue weighted by atomic mass is 32.2. The molecule has 0 fully saturated rings. The normalized spacial score (nSPS) is 12.5. The minimum absolute atomic E-state index is 0.0742. The Hall–Kier alpha value is -1.93. The third-order valence-electron chi connectivity index (χ3n) is 3.22. The van der Waals surface area contributed by atoms with Gasteiger partial charge in [-0.25, -0.2) is 8.42 Å². The van der Waals surface area contributed by atoms with Crippen LogP contribution in [0.4, 0.5) is 0 Å². The lowest BCUT2D eigenvalue weighted by Crippen LogP contribution is -2.38. The summed E-state index contributed by atoms with van der Waals surface area (Å²) in [5.41, 5.74) is 1.81. The molecule has 2 N–H and O–H groups in total.